The van der Waals surface area contributed by atoms with Crippen LogP contribution in [0.15, 0.2) is 53.4 Å². The SMILES string of the molecule is CN(CC(=O)Nc1ccc(S(=O)(=O)C(F)F)cc1)Cc1cccc(Cl)c1. The number of hydrogen-bond donors (Lipinski definition) is 1. The summed E-state index contributed by atoms with van der Waals surface area (Å²) in [5.41, 5.74) is 1.27. The van der Waals surface area contributed by atoms with E-state index in [0.29, 0.717) is 17.3 Å². The summed E-state index contributed by atoms with van der Waals surface area (Å²) in [6.45, 7) is 0.600. The van der Waals surface area contributed by atoms with Gasteiger partial charge in [0.25, 0.3) is 0 Å². The number of benzene rings is 2. The van der Waals surface area contributed by atoms with E-state index in [4.69, 9.17) is 11.6 Å². The molecule has 0 saturated carbocycles. The van der Waals surface area contributed by atoms with E-state index in [9.17, 15) is 22.0 Å². The highest BCUT2D eigenvalue weighted by molar-refractivity contribution is 7.91. The first kappa shape index (κ1) is 20.3. The van der Waals surface area contributed by atoms with Crippen LogP contribution in [0.5, 0.6) is 0 Å². The fraction of sp³-hybridized carbons (Fsp3) is 0.235. The molecule has 2 rings (SSSR count). The van der Waals surface area contributed by atoms with Crippen LogP contribution in [-0.4, -0.2) is 38.6 Å². The Morgan fingerprint density at radius 2 is 1.85 bits per heavy atom. The number of halogens is 3. The summed E-state index contributed by atoms with van der Waals surface area (Å²) in [5, 5.41) is 3.20. The molecule has 140 valence electrons. The molecule has 0 saturated heterocycles. The van der Waals surface area contributed by atoms with E-state index in [-0.39, 0.29) is 12.5 Å². The zero-order chi connectivity index (χ0) is 19.3. The lowest BCUT2D eigenvalue weighted by Gasteiger charge is -2.16. The summed E-state index contributed by atoms with van der Waals surface area (Å²) in [7, 11) is -2.88. The molecule has 0 aromatic heterocycles. The third-order valence-electron chi connectivity index (χ3n) is 3.46. The summed E-state index contributed by atoms with van der Waals surface area (Å²) in [4.78, 5) is 13.3. The molecule has 0 bridgehead atoms. The predicted molar refractivity (Wildman–Crippen MR) is 96.0 cm³/mol. The monoisotopic (exact) mass is 402 g/mol. The molecule has 0 fully saturated rings. The van der Waals surface area contributed by atoms with Gasteiger partial charge < -0.3 is 5.32 Å². The minimum Gasteiger partial charge on any atom is -0.325 e. The normalized spacial score (nSPS) is 11.8. The van der Waals surface area contributed by atoms with Gasteiger partial charge in [-0.15, -0.1) is 0 Å². The van der Waals surface area contributed by atoms with Crippen molar-refractivity contribution in [2.45, 2.75) is 17.2 Å². The van der Waals surface area contributed by atoms with E-state index in [1.807, 2.05) is 12.1 Å². The largest absolute Gasteiger partial charge is 0.341 e. The molecule has 0 heterocycles. The first-order chi connectivity index (χ1) is 12.2. The molecule has 1 N–H and O–H groups in total. The number of nitrogens with zero attached hydrogens (tertiary/aromatic N) is 1. The second kappa shape index (κ2) is 8.57. The predicted octanol–water partition coefficient (Wildman–Crippen LogP) is 3.41. The first-order valence-corrected chi connectivity index (χ1v) is 9.46. The van der Waals surface area contributed by atoms with Crippen LogP contribution >= 0.6 is 11.6 Å². The van der Waals surface area contributed by atoms with Crippen molar-refractivity contribution in [1.82, 2.24) is 4.90 Å². The van der Waals surface area contributed by atoms with Crippen LogP contribution in [0.25, 0.3) is 0 Å². The van der Waals surface area contributed by atoms with E-state index in [1.165, 1.54) is 12.1 Å². The minimum atomic E-state index is -4.64. The van der Waals surface area contributed by atoms with Gasteiger partial charge in [-0.3, -0.25) is 9.69 Å². The molecular weight excluding hydrogens is 386 g/mol. The van der Waals surface area contributed by atoms with E-state index in [0.717, 1.165) is 17.7 Å². The van der Waals surface area contributed by atoms with Crippen LogP contribution < -0.4 is 5.32 Å². The number of amides is 1. The molecule has 0 aliphatic carbocycles. The Balaban J connectivity index is 1.93. The highest BCUT2D eigenvalue weighted by Gasteiger charge is 2.26. The van der Waals surface area contributed by atoms with Crippen molar-refractivity contribution in [3.05, 3.63) is 59.1 Å². The molecule has 1 amide bonds. The molecule has 26 heavy (non-hydrogen) atoms. The van der Waals surface area contributed by atoms with Crippen LogP contribution in [0, 0.1) is 0 Å². The van der Waals surface area contributed by atoms with E-state index >= 15 is 0 Å². The smallest absolute Gasteiger partial charge is 0.325 e. The minimum absolute atomic E-state index is 0.0869. The number of nitrogens with one attached hydrogen (secondary N) is 1. The average molecular weight is 403 g/mol. The number of carbonyl (C=O) groups is 1. The van der Waals surface area contributed by atoms with Gasteiger partial charge in [-0.25, -0.2) is 8.42 Å². The Kier molecular flexibility index (Phi) is 6.69. The fourth-order valence-corrected chi connectivity index (χ4v) is 3.21. The van der Waals surface area contributed by atoms with Crippen molar-refractivity contribution < 1.29 is 22.0 Å². The highest BCUT2D eigenvalue weighted by atomic mass is 35.5. The molecular formula is C17H17ClF2N2O3S. The van der Waals surface area contributed by atoms with Crippen LogP contribution in [0.2, 0.25) is 5.02 Å². The Morgan fingerprint density at radius 1 is 1.19 bits per heavy atom. The molecule has 0 atom stereocenters. The summed E-state index contributed by atoms with van der Waals surface area (Å²) < 4.78 is 47.7. The second-order valence-corrected chi connectivity index (χ2v) is 8.03. The number of rotatable bonds is 7. The number of likely N-dealkylation sites (N-methyl/N-ethyl adjacent to an activating group) is 1. The van der Waals surface area contributed by atoms with Crippen LogP contribution in [0.4, 0.5) is 14.5 Å². The van der Waals surface area contributed by atoms with Crippen molar-refractivity contribution in [2.24, 2.45) is 0 Å². The lowest BCUT2D eigenvalue weighted by atomic mass is 10.2. The maximum absolute atomic E-state index is 12.5. The van der Waals surface area contributed by atoms with Crippen molar-refractivity contribution in [3.8, 4) is 0 Å². The Hall–Kier alpha value is -2.03. The van der Waals surface area contributed by atoms with Crippen LogP contribution in [-0.2, 0) is 21.2 Å². The van der Waals surface area contributed by atoms with E-state index < -0.39 is 20.5 Å². The molecule has 0 radical (unpaired) electrons. The fourth-order valence-electron chi connectivity index (χ4n) is 2.28. The molecule has 0 aliphatic rings. The number of hydrogen-bond acceptors (Lipinski definition) is 4. The van der Waals surface area contributed by atoms with Gasteiger partial charge in [-0.2, -0.15) is 8.78 Å². The maximum atomic E-state index is 12.5. The third kappa shape index (κ3) is 5.48. The van der Waals surface area contributed by atoms with E-state index in [2.05, 4.69) is 5.32 Å². The van der Waals surface area contributed by atoms with Gasteiger partial charge in [0.1, 0.15) is 0 Å². The van der Waals surface area contributed by atoms with Crippen molar-refractivity contribution in [3.63, 3.8) is 0 Å². The Labute approximate surface area is 155 Å². The third-order valence-corrected chi connectivity index (χ3v) is 5.09. The van der Waals surface area contributed by atoms with Gasteiger partial charge in [-0.05, 0) is 49.0 Å². The number of anilines is 1. The lowest BCUT2D eigenvalue weighted by Crippen LogP contribution is -2.29. The van der Waals surface area contributed by atoms with Crippen molar-refractivity contribution >= 4 is 33.0 Å². The van der Waals surface area contributed by atoms with Gasteiger partial charge in [0.2, 0.25) is 15.7 Å². The van der Waals surface area contributed by atoms with Gasteiger partial charge in [0.05, 0.1) is 11.4 Å². The number of alkyl halides is 2. The number of carbonyl (C=O) groups excluding carboxylic acids is 1. The standard InChI is InChI=1S/C17H17ClF2N2O3S/c1-22(10-12-3-2-4-13(18)9-12)11-16(23)21-14-5-7-15(8-6-14)26(24,25)17(19)20/h2-9,17H,10-11H2,1H3,(H,21,23). The van der Waals surface area contributed by atoms with Gasteiger partial charge in [-0.1, -0.05) is 23.7 Å². The topological polar surface area (TPSA) is 66.5 Å². The molecule has 2 aromatic rings. The second-order valence-electron chi connectivity index (χ2n) is 5.68. The van der Waals surface area contributed by atoms with Crippen LogP contribution in [0.1, 0.15) is 5.56 Å². The summed E-state index contributed by atoms with van der Waals surface area (Å²) in [5.74, 6) is -3.80. The van der Waals surface area contributed by atoms with Gasteiger partial charge in [0, 0.05) is 17.3 Å². The summed E-state index contributed by atoms with van der Waals surface area (Å²) >= 11 is 5.92. The van der Waals surface area contributed by atoms with Crippen LogP contribution in [0.3, 0.4) is 0 Å². The van der Waals surface area contributed by atoms with Crippen molar-refractivity contribution in [2.75, 3.05) is 18.9 Å². The lowest BCUT2D eigenvalue weighted by molar-refractivity contribution is -0.117. The average Bonchev–Trinajstić information content (AvgIpc) is 2.54. The quantitative estimate of drug-likeness (QED) is 0.770. The first-order valence-electron chi connectivity index (χ1n) is 7.53. The molecule has 9 heteroatoms. The Bertz CT molecular complexity index is 874. The zero-order valence-corrected chi connectivity index (χ0v) is 15.4. The van der Waals surface area contributed by atoms with Gasteiger partial charge >= 0.3 is 5.76 Å². The number of sulfone groups is 1. The van der Waals surface area contributed by atoms with E-state index in [1.54, 1.807) is 24.1 Å². The van der Waals surface area contributed by atoms with Crippen molar-refractivity contribution in [1.29, 1.82) is 0 Å². The summed E-state index contributed by atoms with van der Waals surface area (Å²) in [6.07, 6.45) is 0. The molecule has 0 unspecified atom stereocenters. The van der Waals surface area contributed by atoms with Gasteiger partial charge in [0.15, 0.2) is 0 Å². The Morgan fingerprint density at radius 3 is 2.42 bits per heavy atom. The maximum Gasteiger partial charge on any atom is 0.341 e. The summed E-state index contributed by atoms with van der Waals surface area (Å²) in [6, 6.07) is 11.9. The zero-order valence-electron chi connectivity index (χ0n) is 13.8. The molecule has 5 nitrogen and oxygen atoms in total. The highest BCUT2D eigenvalue weighted by Crippen LogP contribution is 2.20. The molecule has 0 aliphatic heterocycles. The molecule has 2 aromatic carbocycles. The molecule has 0 spiro atoms.